The van der Waals surface area contributed by atoms with Crippen LogP contribution in [0.15, 0.2) is 53.4 Å². The van der Waals surface area contributed by atoms with E-state index in [0.29, 0.717) is 20.9 Å². The molecule has 1 atom stereocenters. The number of hydrogen-bond donors (Lipinski definition) is 1. The molecule has 0 bridgehead atoms. The SMILES string of the molecule is O=C(Nc1nnc(-c2ccccc2Cl)s1)[C@@H]1CSc2ccccc2O1. The van der Waals surface area contributed by atoms with E-state index in [4.69, 9.17) is 16.3 Å². The average molecular weight is 390 g/mol. The highest BCUT2D eigenvalue weighted by Crippen LogP contribution is 2.36. The predicted molar refractivity (Wildman–Crippen MR) is 101 cm³/mol. The van der Waals surface area contributed by atoms with E-state index in [1.54, 1.807) is 17.8 Å². The summed E-state index contributed by atoms with van der Waals surface area (Å²) in [6.07, 6.45) is -0.562. The number of para-hydroxylation sites is 1. The van der Waals surface area contributed by atoms with Crippen LogP contribution < -0.4 is 10.1 Å². The lowest BCUT2D eigenvalue weighted by Crippen LogP contribution is -2.36. The van der Waals surface area contributed by atoms with E-state index in [-0.39, 0.29) is 5.91 Å². The van der Waals surface area contributed by atoms with Crippen molar-refractivity contribution in [3.63, 3.8) is 0 Å². The average Bonchev–Trinajstić information content (AvgIpc) is 3.10. The molecular weight excluding hydrogens is 378 g/mol. The number of rotatable bonds is 3. The number of nitrogens with one attached hydrogen (secondary N) is 1. The smallest absolute Gasteiger partial charge is 0.268 e. The number of fused-ring (bicyclic) bond motifs is 1. The Morgan fingerprint density at radius 3 is 2.84 bits per heavy atom. The molecule has 8 heteroatoms. The fraction of sp³-hybridized carbons (Fsp3) is 0.118. The van der Waals surface area contributed by atoms with Gasteiger partial charge in [-0.1, -0.05) is 53.3 Å². The zero-order chi connectivity index (χ0) is 17.2. The highest BCUT2D eigenvalue weighted by atomic mass is 35.5. The van der Waals surface area contributed by atoms with Crippen LogP contribution in [-0.2, 0) is 4.79 Å². The predicted octanol–water partition coefficient (Wildman–Crippen LogP) is 4.35. The van der Waals surface area contributed by atoms with Crippen LogP contribution >= 0.6 is 34.7 Å². The van der Waals surface area contributed by atoms with Crippen molar-refractivity contribution in [1.82, 2.24) is 10.2 Å². The molecule has 0 radical (unpaired) electrons. The third kappa shape index (κ3) is 3.49. The Kier molecular flexibility index (Phi) is 4.61. The lowest BCUT2D eigenvalue weighted by Gasteiger charge is -2.24. The number of hydrogen-bond acceptors (Lipinski definition) is 6. The molecule has 0 saturated carbocycles. The molecule has 3 aromatic rings. The van der Waals surface area contributed by atoms with Gasteiger partial charge in [0.2, 0.25) is 5.13 Å². The number of ether oxygens (including phenoxy) is 1. The van der Waals surface area contributed by atoms with E-state index >= 15 is 0 Å². The summed E-state index contributed by atoms with van der Waals surface area (Å²) in [5, 5.41) is 12.6. The van der Waals surface area contributed by atoms with Crippen LogP contribution in [-0.4, -0.2) is 28.0 Å². The van der Waals surface area contributed by atoms with Gasteiger partial charge in [-0.15, -0.1) is 22.0 Å². The minimum absolute atomic E-state index is 0.233. The molecule has 0 unspecified atom stereocenters. The van der Waals surface area contributed by atoms with Crippen molar-refractivity contribution in [3.8, 4) is 16.3 Å². The maximum atomic E-state index is 12.5. The van der Waals surface area contributed by atoms with Gasteiger partial charge in [0, 0.05) is 16.2 Å². The number of halogens is 1. The summed E-state index contributed by atoms with van der Waals surface area (Å²) >= 11 is 9.05. The molecule has 1 aromatic heterocycles. The zero-order valence-electron chi connectivity index (χ0n) is 12.8. The summed E-state index contributed by atoms with van der Waals surface area (Å²) in [6, 6.07) is 15.1. The monoisotopic (exact) mass is 389 g/mol. The van der Waals surface area contributed by atoms with Gasteiger partial charge in [-0.2, -0.15) is 0 Å². The van der Waals surface area contributed by atoms with Gasteiger partial charge in [0.25, 0.3) is 5.91 Å². The fourth-order valence-electron chi connectivity index (χ4n) is 2.35. The van der Waals surface area contributed by atoms with Crippen molar-refractivity contribution in [2.24, 2.45) is 0 Å². The van der Waals surface area contributed by atoms with Crippen molar-refractivity contribution < 1.29 is 9.53 Å². The third-order valence-corrected chi connectivity index (χ3v) is 5.88. The molecule has 1 N–H and O–H groups in total. The Hall–Kier alpha value is -2.09. The molecule has 1 amide bonds. The van der Waals surface area contributed by atoms with Crippen LogP contribution in [0.3, 0.4) is 0 Å². The molecule has 0 aliphatic carbocycles. The van der Waals surface area contributed by atoms with Crippen LogP contribution in [0.4, 0.5) is 5.13 Å². The molecule has 126 valence electrons. The van der Waals surface area contributed by atoms with Gasteiger partial charge in [0.15, 0.2) is 11.1 Å². The molecule has 25 heavy (non-hydrogen) atoms. The standard InChI is InChI=1S/C17H12ClN3O2S2/c18-11-6-2-1-5-10(11)16-20-21-17(25-16)19-15(22)13-9-24-14-8-4-3-7-12(14)23-13/h1-8,13H,9H2,(H,19,21,22)/t13-/m0/s1. The van der Waals surface area contributed by atoms with Crippen LogP contribution in [0.1, 0.15) is 0 Å². The third-order valence-electron chi connectivity index (χ3n) is 3.56. The van der Waals surface area contributed by atoms with Crippen LogP contribution in [0, 0.1) is 0 Å². The van der Waals surface area contributed by atoms with Gasteiger partial charge < -0.3 is 4.74 Å². The normalized spacial score (nSPS) is 16.0. The maximum absolute atomic E-state index is 12.5. The highest BCUT2D eigenvalue weighted by Gasteiger charge is 2.27. The summed E-state index contributed by atoms with van der Waals surface area (Å²) in [4.78, 5) is 13.5. The number of carbonyl (C=O) groups excluding carboxylic acids is 1. The lowest BCUT2D eigenvalue weighted by molar-refractivity contribution is -0.122. The van der Waals surface area contributed by atoms with Crippen molar-refractivity contribution >= 4 is 45.7 Å². The summed E-state index contributed by atoms with van der Waals surface area (Å²) in [7, 11) is 0. The van der Waals surface area contributed by atoms with Crippen LogP contribution in [0.5, 0.6) is 5.75 Å². The van der Waals surface area contributed by atoms with Gasteiger partial charge in [0.05, 0.1) is 5.02 Å². The molecule has 0 fully saturated rings. The van der Waals surface area contributed by atoms with E-state index in [0.717, 1.165) is 16.2 Å². The molecule has 2 heterocycles. The number of benzene rings is 2. The Bertz CT molecular complexity index is 932. The second-order valence-corrected chi connectivity index (χ2v) is 7.69. The first kappa shape index (κ1) is 16.4. The van der Waals surface area contributed by atoms with Crippen molar-refractivity contribution in [2.45, 2.75) is 11.0 Å². The summed E-state index contributed by atoms with van der Waals surface area (Å²) < 4.78 is 5.78. The largest absolute Gasteiger partial charge is 0.479 e. The second-order valence-electron chi connectivity index (χ2n) is 5.25. The van der Waals surface area contributed by atoms with Gasteiger partial charge >= 0.3 is 0 Å². The molecule has 1 aliphatic heterocycles. The number of aromatic nitrogens is 2. The molecule has 0 spiro atoms. The number of anilines is 1. The van der Waals surface area contributed by atoms with E-state index < -0.39 is 6.10 Å². The Morgan fingerprint density at radius 2 is 1.96 bits per heavy atom. The number of carbonyl (C=O) groups is 1. The lowest BCUT2D eigenvalue weighted by atomic mass is 10.2. The summed E-state index contributed by atoms with van der Waals surface area (Å²) in [6.45, 7) is 0. The Labute approximate surface area is 157 Å². The summed E-state index contributed by atoms with van der Waals surface area (Å²) in [5.41, 5.74) is 0.792. The van der Waals surface area contributed by atoms with Crippen molar-refractivity contribution in [1.29, 1.82) is 0 Å². The van der Waals surface area contributed by atoms with Gasteiger partial charge in [-0.25, -0.2) is 0 Å². The first-order valence-electron chi connectivity index (χ1n) is 7.48. The highest BCUT2D eigenvalue weighted by molar-refractivity contribution is 7.99. The van der Waals surface area contributed by atoms with Crippen LogP contribution in [0.25, 0.3) is 10.6 Å². The number of amides is 1. The number of thioether (sulfide) groups is 1. The van der Waals surface area contributed by atoms with E-state index in [1.165, 1.54) is 11.3 Å². The molecule has 0 saturated heterocycles. The van der Waals surface area contributed by atoms with Gasteiger partial charge in [-0.05, 0) is 18.2 Å². The molecule has 5 nitrogen and oxygen atoms in total. The quantitative estimate of drug-likeness (QED) is 0.721. The summed E-state index contributed by atoms with van der Waals surface area (Å²) in [5.74, 6) is 1.05. The zero-order valence-corrected chi connectivity index (χ0v) is 15.2. The van der Waals surface area contributed by atoms with E-state index in [1.807, 2.05) is 42.5 Å². The van der Waals surface area contributed by atoms with E-state index in [2.05, 4.69) is 15.5 Å². The van der Waals surface area contributed by atoms with Gasteiger partial charge in [-0.3, -0.25) is 10.1 Å². The van der Waals surface area contributed by atoms with Crippen molar-refractivity contribution in [3.05, 3.63) is 53.6 Å². The second kappa shape index (κ2) is 7.03. The molecule has 1 aliphatic rings. The van der Waals surface area contributed by atoms with Crippen LogP contribution in [0.2, 0.25) is 5.02 Å². The minimum Gasteiger partial charge on any atom is -0.479 e. The first-order chi connectivity index (χ1) is 12.2. The maximum Gasteiger partial charge on any atom is 0.268 e. The Balaban J connectivity index is 1.47. The molecule has 2 aromatic carbocycles. The molecule has 4 rings (SSSR count). The first-order valence-corrected chi connectivity index (χ1v) is 9.66. The van der Waals surface area contributed by atoms with Gasteiger partial charge in [0.1, 0.15) is 5.75 Å². The topological polar surface area (TPSA) is 64.1 Å². The minimum atomic E-state index is -0.562. The van der Waals surface area contributed by atoms with Crippen molar-refractivity contribution in [2.75, 3.05) is 11.1 Å². The fourth-order valence-corrected chi connectivity index (χ4v) is 4.40. The van der Waals surface area contributed by atoms with E-state index in [9.17, 15) is 4.79 Å². The Morgan fingerprint density at radius 1 is 1.16 bits per heavy atom. The molecular formula is C17H12ClN3O2S2. The number of nitrogens with zero attached hydrogens (tertiary/aromatic N) is 2.